The predicted octanol–water partition coefficient (Wildman–Crippen LogP) is 4.30. The highest BCUT2D eigenvalue weighted by Gasteiger charge is 2.16. The van der Waals surface area contributed by atoms with Gasteiger partial charge in [-0.2, -0.15) is 0 Å². The van der Waals surface area contributed by atoms with E-state index in [0.717, 1.165) is 28.2 Å². The number of pyridine rings is 1. The molecule has 0 saturated carbocycles. The molecule has 0 spiro atoms. The van der Waals surface area contributed by atoms with Gasteiger partial charge < -0.3 is 10.1 Å². The van der Waals surface area contributed by atoms with Crippen molar-refractivity contribution in [1.29, 1.82) is 0 Å². The molecular formula is C16H19BrN2OS. The Kier molecular flexibility index (Phi) is 6.54. The van der Waals surface area contributed by atoms with Crippen molar-refractivity contribution in [3.05, 3.63) is 52.8 Å². The molecule has 2 rings (SSSR count). The Bertz CT molecular complexity index is 562. The molecule has 0 saturated heterocycles. The zero-order valence-corrected chi connectivity index (χ0v) is 14.6. The summed E-state index contributed by atoms with van der Waals surface area (Å²) < 4.78 is 6.52. The summed E-state index contributed by atoms with van der Waals surface area (Å²) in [6.07, 6.45) is 1.81. The fourth-order valence-electron chi connectivity index (χ4n) is 2.03. The molecule has 3 nitrogen and oxygen atoms in total. The van der Waals surface area contributed by atoms with Crippen molar-refractivity contribution in [3.63, 3.8) is 0 Å². The van der Waals surface area contributed by atoms with Crippen LogP contribution in [0.4, 0.5) is 0 Å². The molecule has 1 aromatic carbocycles. The largest absolute Gasteiger partial charge is 0.495 e. The number of thioether (sulfide) groups is 1. The second-order valence-electron chi connectivity index (χ2n) is 4.47. The number of ether oxygens (including phenoxy) is 1. The van der Waals surface area contributed by atoms with Crippen molar-refractivity contribution >= 4 is 27.7 Å². The van der Waals surface area contributed by atoms with Crippen molar-refractivity contribution in [1.82, 2.24) is 10.3 Å². The van der Waals surface area contributed by atoms with Gasteiger partial charge in [-0.05, 0) is 42.9 Å². The Morgan fingerprint density at radius 3 is 2.71 bits per heavy atom. The molecule has 1 aromatic heterocycles. The standard InChI is InChI=1S/C16H19BrN2OS/c1-3-18-14(16-15(20-2)5-4-10-19-16)11-21-13-8-6-12(17)7-9-13/h4-10,14,18H,3,11H2,1-2H3. The van der Waals surface area contributed by atoms with Gasteiger partial charge in [-0.15, -0.1) is 11.8 Å². The Morgan fingerprint density at radius 1 is 1.29 bits per heavy atom. The molecule has 0 aliphatic heterocycles. The summed E-state index contributed by atoms with van der Waals surface area (Å²) in [7, 11) is 1.69. The van der Waals surface area contributed by atoms with E-state index in [9.17, 15) is 0 Å². The maximum absolute atomic E-state index is 5.42. The topological polar surface area (TPSA) is 34.2 Å². The van der Waals surface area contributed by atoms with Gasteiger partial charge in [0.05, 0.1) is 18.8 Å². The number of rotatable bonds is 7. The molecule has 1 heterocycles. The Labute approximate surface area is 138 Å². The Morgan fingerprint density at radius 2 is 2.05 bits per heavy atom. The first kappa shape index (κ1) is 16.3. The molecular weight excluding hydrogens is 348 g/mol. The molecule has 0 amide bonds. The molecule has 1 unspecified atom stereocenters. The lowest BCUT2D eigenvalue weighted by atomic mass is 10.2. The molecule has 1 atom stereocenters. The molecule has 0 bridgehead atoms. The molecule has 21 heavy (non-hydrogen) atoms. The lowest BCUT2D eigenvalue weighted by Crippen LogP contribution is -2.24. The van der Waals surface area contributed by atoms with Crippen LogP contribution in [0.15, 0.2) is 52.0 Å². The molecule has 1 N–H and O–H groups in total. The van der Waals surface area contributed by atoms with E-state index >= 15 is 0 Å². The number of hydrogen-bond donors (Lipinski definition) is 1. The van der Waals surface area contributed by atoms with E-state index in [-0.39, 0.29) is 6.04 Å². The monoisotopic (exact) mass is 366 g/mol. The smallest absolute Gasteiger partial charge is 0.142 e. The van der Waals surface area contributed by atoms with Crippen LogP contribution in [0.2, 0.25) is 0 Å². The molecule has 2 aromatic rings. The van der Waals surface area contributed by atoms with Crippen LogP contribution in [0.3, 0.4) is 0 Å². The van der Waals surface area contributed by atoms with Crippen molar-refractivity contribution in [3.8, 4) is 5.75 Å². The van der Waals surface area contributed by atoms with Crippen LogP contribution >= 0.6 is 27.7 Å². The number of halogens is 1. The molecule has 0 aliphatic rings. The highest BCUT2D eigenvalue weighted by atomic mass is 79.9. The SMILES string of the molecule is CCNC(CSc1ccc(Br)cc1)c1ncccc1OC. The predicted molar refractivity (Wildman–Crippen MR) is 92.1 cm³/mol. The molecule has 0 fully saturated rings. The summed E-state index contributed by atoms with van der Waals surface area (Å²) in [5, 5.41) is 3.48. The highest BCUT2D eigenvalue weighted by Crippen LogP contribution is 2.29. The lowest BCUT2D eigenvalue weighted by Gasteiger charge is -2.19. The van der Waals surface area contributed by atoms with Gasteiger partial charge in [0.2, 0.25) is 0 Å². The maximum atomic E-state index is 5.42. The first-order valence-corrected chi connectivity index (χ1v) is 8.63. The van der Waals surface area contributed by atoms with Crippen LogP contribution in [0.5, 0.6) is 5.75 Å². The number of hydrogen-bond acceptors (Lipinski definition) is 4. The zero-order chi connectivity index (χ0) is 15.1. The van der Waals surface area contributed by atoms with Crippen LogP contribution < -0.4 is 10.1 Å². The number of aromatic nitrogens is 1. The van der Waals surface area contributed by atoms with Crippen LogP contribution in [0, 0.1) is 0 Å². The second kappa shape index (κ2) is 8.41. The van der Waals surface area contributed by atoms with Crippen molar-refractivity contribution in [2.45, 2.75) is 17.9 Å². The average Bonchev–Trinajstić information content (AvgIpc) is 2.53. The van der Waals surface area contributed by atoms with Crippen molar-refractivity contribution in [2.24, 2.45) is 0 Å². The van der Waals surface area contributed by atoms with Gasteiger partial charge in [0.25, 0.3) is 0 Å². The van der Waals surface area contributed by atoms with Crippen LogP contribution in [0.25, 0.3) is 0 Å². The third-order valence-corrected chi connectivity index (χ3v) is 4.66. The fraction of sp³-hybridized carbons (Fsp3) is 0.312. The summed E-state index contributed by atoms with van der Waals surface area (Å²) >= 11 is 5.27. The summed E-state index contributed by atoms with van der Waals surface area (Å²) in [4.78, 5) is 5.73. The van der Waals surface area contributed by atoms with Crippen LogP contribution in [0.1, 0.15) is 18.7 Å². The highest BCUT2D eigenvalue weighted by molar-refractivity contribution is 9.10. The third-order valence-electron chi connectivity index (χ3n) is 3.03. The molecule has 0 radical (unpaired) electrons. The first-order valence-electron chi connectivity index (χ1n) is 6.85. The minimum atomic E-state index is 0.166. The van der Waals surface area contributed by atoms with Gasteiger partial charge in [-0.3, -0.25) is 4.98 Å². The number of nitrogens with one attached hydrogen (secondary N) is 1. The maximum Gasteiger partial charge on any atom is 0.142 e. The zero-order valence-electron chi connectivity index (χ0n) is 12.2. The lowest BCUT2D eigenvalue weighted by molar-refractivity contribution is 0.398. The van der Waals surface area contributed by atoms with E-state index < -0.39 is 0 Å². The van der Waals surface area contributed by atoms with E-state index in [2.05, 4.69) is 57.4 Å². The Balaban J connectivity index is 2.10. The quantitative estimate of drug-likeness (QED) is 0.740. The number of nitrogens with zero attached hydrogens (tertiary/aromatic N) is 1. The van der Waals surface area contributed by atoms with Gasteiger partial charge >= 0.3 is 0 Å². The van der Waals surface area contributed by atoms with Crippen molar-refractivity contribution < 1.29 is 4.74 Å². The van der Waals surface area contributed by atoms with Gasteiger partial charge in [0, 0.05) is 21.3 Å². The van der Waals surface area contributed by atoms with E-state index in [1.54, 1.807) is 7.11 Å². The average molecular weight is 367 g/mol. The summed E-state index contributed by atoms with van der Waals surface area (Å²) in [6, 6.07) is 12.4. The van der Waals surface area contributed by atoms with E-state index in [0.29, 0.717) is 0 Å². The summed E-state index contributed by atoms with van der Waals surface area (Å²) in [5.74, 6) is 1.74. The number of benzene rings is 1. The summed E-state index contributed by atoms with van der Waals surface area (Å²) in [6.45, 7) is 3.00. The number of methoxy groups -OCH3 is 1. The van der Waals surface area contributed by atoms with Gasteiger partial charge in [-0.25, -0.2) is 0 Å². The Hall–Kier alpha value is -1.04. The fourth-order valence-corrected chi connectivity index (χ4v) is 3.26. The molecule has 5 heteroatoms. The van der Waals surface area contributed by atoms with E-state index in [1.165, 1.54) is 4.90 Å². The minimum absolute atomic E-state index is 0.166. The minimum Gasteiger partial charge on any atom is -0.495 e. The van der Waals surface area contributed by atoms with Crippen LogP contribution in [-0.2, 0) is 0 Å². The van der Waals surface area contributed by atoms with Crippen LogP contribution in [-0.4, -0.2) is 24.4 Å². The van der Waals surface area contributed by atoms with E-state index in [1.807, 2.05) is 30.1 Å². The van der Waals surface area contributed by atoms with Gasteiger partial charge in [0.1, 0.15) is 5.75 Å². The second-order valence-corrected chi connectivity index (χ2v) is 6.48. The first-order chi connectivity index (χ1) is 10.2. The summed E-state index contributed by atoms with van der Waals surface area (Å²) in [5.41, 5.74) is 0.964. The molecule has 112 valence electrons. The van der Waals surface area contributed by atoms with Gasteiger partial charge in [-0.1, -0.05) is 22.9 Å². The molecule has 0 aliphatic carbocycles. The van der Waals surface area contributed by atoms with Crippen molar-refractivity contribution in [2.75, 3.05) is 19.4 Å². The normalized spacial score (nSPS) is 12.1. The third kappa shape index (κ3) is 4.73. The van der Waals surface area contributed by atoms with Gasteiger partial charge in [0.15, 0.2) is 0 Å². The van der Waals surface area contributed by atoms with E-state index in [4.69, 9.17) is 4.74 Å².